The van der Waals surface area contributed by atoms with Gasteiger partial charge in [0.15, 0.2) is 0 Å². The standard InChI is InChI=1S/C12H20ClN3O4/c1-3-5-19-11-14-10(13)15-12(16-11)20-9-8-18-7-4-6-17-2/h3-9H2,1-2H3. The molecule has 0 aliphatic rings. The molecule has 0 atom stereocenters. The largest absolute Gasteiger partial charge is 0.463 e. The molecule has 1 aromatic rings. The summed E-state index contributed by atoms with van der Waals surface area (Å²) in [5, 5.41) is 0.0436. The van der Waals surface area contributed by atoms with E-state index in [0.29, 0.717) is 33.0 Å². The van der Waals surface area contributed by atoms with Crippen LogP contribution in [0.3, 0.4) is 0 Å². The normalized spacial score (nSPS) is 10.6. The Labute approximate surface area is 123 Å². The van der Waals surface area contributed by atoms with E-state index in [9.17, 15) is 0 Å². The van der Waals surface area contributed by atoms with Crippen LogP contribution in [-0.2, 0) is 9.47 Å². The lowest BCUT2D eigenvalue weighted by Crippen LogP contribution is -2.11. The fourth-order valence-electron chi connectivity index (χ4n) is 1.24. The van der Waals surface area contributed by atoms with Crippen molar-refractivity contribution in [2.24, 2.45) is 0 Å². The first-order valence-corrected chi connectivity index (χ1v) is 6.88. The summed E-state index contributed by atoms with van der Waals surface area (Å²) in [6.07, 6.45) is 1.71. The van der Waals surface area contributed by atoms with E-state index in [1.165, 1.54) is 0 Å². The van der Waals surface area contributed by atoms with Gasteiger partial charge in [-0.05, 0) is 24.4 Å². The molecule has 0 saturated heterocycles. The van der Waals surface area contributed by atoms with Gasteiger partial charge in [0.05, 0.1) is 13.2 Å². The Hall–Kier alpha value is -1.18. The second-order valence-electron chi connectivity index (χ2n) is 3.83. The molecule has 0 spiro atoms. The minimum absolute atomic E-state index is 0.0436. The van der Waals surface area contributed by atoms with Gasteiger partial charge in [-0.3, -0.25) is 0 Å². The highest BCUT2D eigenvalue weighted by Crippen LogP contribution is 2.13. The lowest BCUT2D eigenvalue weighted by molar-refractivity contribution is 0.0779. The lowest BCUT2D eigenvalue weighted by Gasteiger charge is -2.07. The van der Waals surface area contributed by atoms with Crippen molar-refractivity contribution in [1.29, 1.82) is 0 Å². The van der Waals surface area contributed by atoms with Crippen LogP contribution in [0.2, 0.25) is 5.28 Å². The van der Waals surface area contributed by atoms with Gasteiger partial charge in [-0.2, -0.15) is 9.97 Å². The Morgan fingerprint density at radius 2 is 1.60 bits per heavy atom. The summed E-state index contributed by atoms with van der Waals surface area (Å²) in [6.45, 7) is 4.59. The molecule has 0 bridgehead atoms. The molecule has 7 nitrogen and oxygen atoms in total. The van der Waals surface area contributed by atoms with E-state index in [1.807, 2.05) is 6.92 Å². The van der Waals surface area contributed by atoms with E-state index < -0.39 is 0 Å². The third-order valence-electron chi connectivity index (χ3n) is 2.10. The van der Waals surface area contributed by atoms with Gasteiger partial charge >= 0.3 is 12.0 Å². The summed E-state index contributed by atoms with van der Waals surface area (Å²) >= 11 is 5.76. The Balaban J connectivity index is 2.26. The van der Waals surface area contributed by atoms with Gasteiger partial charge in [0.2, 0.25) is 5.28 Å². The number of hydrogen-bond acceptors (Lipinski definition) is 7. The number of halogens is 1. The SMILES string of the molecule is CCCOc1nc(Cl)nc(OCCOCCCOC)n1. The van der Waals surface area contributed by atoms with Crippen LogP contribution in [0.15, 0.2) is 0 Å². The van der Waals surface area contributed by atoms with Crippen LogP contribution < -0.4 is 9.47 Å². The zero-order chi connectivity index (χ0) is 14.6. The maximum Gasteiger partial charge on any atom is 0.324 e. The summed E-state index contributed by atoms with van der Waals surface area (Å²) in [7, 11) is 1.66. The van der Waals surface area contributed by atoms with Crippen LogP contribution in [0.5, 0.6) is 12.0 Å². The topological polar surface area (TPSA) is 75.6 Å². The van der Waals surface area contributed by atoms with Gasteiger partial charge in [0, 0.05) is 20.3 Å². The van der Waals surface area contributed by atoms with Crippen LogP contribution in [0.4, 0.5) is 0 Å². The highest BCUT2D eigenvalue weighted by Gasteiger charge is 2.06. The Morgan fingerprint density at radius 3 is 2.25 bits per heavy atom. The minimum atomic E-state index is 0.0436. The highest BCUT2D eigenvalue weighted by molar-refractivity contribution is 6.28. The van der Waals surface area contributed by atoms with E-state index in [2.05, 4.69) is 15.0 Å². The zero-order valence-corrected chi connectivity index (χ0v) is 12.6. The molecule has 1 aromatic heterocycles. The summed E-state index contributed by atoms with van der Waals surface area (Å²) in [4.78, 5) is 11.7. The second kappa shape index (κ2) is 10.6. The van der Waals surface area contributed by atoms with E-state index in [4.69, 9.17) is 30.5 Å². The van der Waals surface area contributed by atoms with Crippen LogP contribution in [-0.4, -0.2) is 55.1 Å². The molecule has 0 N–H and O–H groups in total. The Morgan fingerprint density at radius 1 is 0.900 bits per heavy atom. The van der Waals surface area contributed by atoms with Gasteiger partial charge in [-0.1, -0.05) is 6.92 Å². The molecule has 0 aromatic carbocycles. The molecular weight excluding hydrogens is 286 g/mol. The molecule has 0 fully saturated rings. The van der Waals surface area contributed by atoms with Crippen molar-refractivity contribution in [2.75, 3.05) is 40.1 Å². The van der Waals surface area contributed by atoms with Gasteiger partial charge < -0.3 is 18.9 Å². The van der Waals surface area contributed by atoms with Crippen molar-refractivity contribution in [1.82, 2.24) is 15.0 Å². The molecule has 0 amide bonds. The van der Waals surface area contributed by atoms with Crippen molar-refractivity contribution < 1.29 is 18.9 Å². The van der Waals surface area contributed by atoms with Crippen molar-refractivity contribution in [2.45, 2.75) is 19.8 Å². The summed E-state index contributed by atoms with van der Waals surface area (Å²) in [6, 6.07) is 0.305. The number of methoxy groups -OCH3 is 1. The quantitative estimate of drug-likeness (QED) is 0.576. The van der Waals surface area contributed by atoms with Gasteiger partial charge in [0.25, 0.3) is 0 Å². The molecule has 1 rings (SSSR count). The first-order chi connectivity index (χ1) is 9.76. The van der Waals surface area contributed by atoms with E-state index in [0.717, 1.165) is 12.8 Å². The van der Waals surface area contributed by atoms with E-state index in [-0.39, 0.29) is 17.3 Å². The molecular formula is C12H20ClN3O4. The van der Waals surface area contributed by atoms with Crippen LogP contribution in [0.25, 0.3) is 0 Å². The molecule has 0 saturated carbocycles. The minimum Gasteiger partial charge on any atom is -0.463 e. The van der Waals surface area contributed by atoms with Crippen LogP contribution in [0, 0.1) is 0 Å². The average molecular weight is 306 g/mol. The molecule has 8 heteroatoms. The van der Waals surface area contributed by atoms with Crippen LogP contribution >= 0.6 is 11.6 Å². The summed E-state index contributed by atoms with van der Waals surface area (Å²) in [5.41, 5.74) is 0. The van der Waals surface area contributed by atoms with Gasteiger partial charge in [-0.15, -0.1) is 4.98 Å². The number of aromatic nitrogens is 3. The van der Waals surface area contributed by atoms with Gasteiger partial charge in [-0.25, -0.2) is 0 Å². The smallest absolute Gasteiger partial charge is 0.324 e. The number of hydrogen-bond donors (Lipinski definition) is 0. The van der Waals surface area contributed by atoms with E-state index >= 15 is 0 Å². The molecule has 1 heterocycles. The molecule has 114 valence electrons. The summed E-state index contributed by atoms with van der Waals surface area (Å²) < 4.78 is 20.9. The van der Waals surface area contributed by atoms with Crippen LogP contribution in [0.1, 0.15) is 19.8 Å². The average Bonchev–Trinajstić information content (AvgIpc) is 2.43. The number of nitrogens with zero attached hydrogens (tertiary/aromatic N) is 3. The predicted molar refractivity (Wildman–Crippen MR) is 73.4 cm³/mol. The Kier molecular flexibility index (Phi) is 8.93. The maximum atomic E-state index is 5.76. The number of ether oxygens (including phenoxy) is 4. The first-order valence-electron chi connectivity index (χ1n) is 6.50. The molecule has 0 radical (unpaired) electrons. The third-order valence-corrected chi connectivity index (χ3v) is 2.27. The fourth-order valence-corrected chi connectivity index (χ4v) is 1.38. The van der Waals surface area contributed by atoms with Crippen molar-refractivity contribution >= 4 is 11.6 Å². The predicted octanol–water partition coefficient (Wildman–Crippen LogP) is 1.75. The third kappa shape index (κ3) is 7.42. The van der Waals surface area contributed by atoms with Crippen molar-refractivity contribution in [3.63, 3.8) is 0 Å². The zero-order valence-electron chi connectivity index (χ0n) is 11.8. The number of rotatable bonds is 11. The summed E-state index contributed by atoms with van der Waals surface area (Å²) in [5.74, 6) is 0. The van der Waals surface area contributed by atoms with Gasteiger partial charge in [0.1, 0.15) is 6.61 Å². The van der Waals surface area contributed by atoms with E-state index in [1.54, 1.807) is 7.11 Å². The first kappa shape index (κ1) is 16.9. The maximum absolute atomic E-state index is 5.76. The second-order valence-corrected chi connectivity index (χ2v) is 4.16. The fraction of sp³-hybridized carbons (Fsp3) is 0.750. The molecule has 0 unspecified atom stereocenters. The molecule has 0 aliphatic carbocycles. The molecule has 0 aliphatic heterocycles. The Bertz CT molecular complexity index is 382. The molecule has 20 heavy (non-hydrogen) atoms. The van der Waals surface area contributed by atoms with Crippen molar-refractivity contribution in [3.05, 3.63) is 5.28 Å². The monoisotopic (exact) mass is 305 g/mol. The highest BCUT2D eigenvalue weighted by atomic mass is 35.5. The van der Waals surface area contributed by atoms with Crippen molar-refractivity contribution in [3.8, 4) is 12.0 Å². The lowest BCUT2D eigenvalue weighted by atomic mass is 10.5.